The predicted molar refractivity (Wildman–Crippen MR) is 58.8 cm³/mol. The number of hydrogen-bond acceptors (Lipinski definition) is 4. The van der Waals surface area contributed by atoms with Gasteiger partial charge in [-0.05, 0) is 13.0 Å². The summed E-state index contributed by atoms with van der Waals surface area (Å²) in [5.41, 5.74) is 10.5. The van der Waals surface area contributed by atoms with Crippen molar-refractivity contribution >= 4 is 17.4 Å². The number of para-hydroxylation sites is 2. The molecule has 0 aromatic heterocycles. The number of hydrogen-bond donors (Lipinski definition) is 2. The third kappa shape index (κ3) is 2.26. The Bertz CT molecular complexity index is 419. The molecule has 1 rings (SSSR count). The lowest BCUT2D eigenvalue weighted by molar-refractivity contribution is -0.384. The quantitative estimate of drug-likeness (QED) is 0.448. The van der Waals surface area contributed by atoms with Crippen LogP contribution in [-0.4, -0.2) is 17.1 Å². The van der Waals surface area contributed by atoms with Gasteiger partial charge in [-0.25, -0.2) is 4.79 Å². The van der Waals surface area contributed by atoms with E-state index in [4.69, 9.17) is 11.5 Å². The molecule has 7 nitrogen and oxygen atoms in total. The number of nitrogens with two attached hydrogens (primary N) is 2. The summed E-state index contributed by atoms with van der Waals surface area (Å²) in [4.78, 5) is 22.3. The van der Waals surface area contributed by atoms with Gasteiger partial charge in [-0.2, -0.15) is 0 Å². The number of nitro groups is 1. The zero-order valence-corrected chi connectivity index (χ0v) is 8.66. The molecule has 1 aromatic rings. The van der Waals surface area contributed by atoms with Gasteiger partial charge in [0.15, 0.2) is 0 Å². The summed E-state index contributed by atoms with van der Waals surface area (Å²) in [7, 11) is 0. The van der Waals surface area contributed by atoms with Crippen LogP contribution in [0, 0.1) is 10.1 Å². The van der Waals surface area contributed by atoms with Crippen molar-refractivity contribution < 1.29 is 9.72 Å². The number of carbonyl (C=O) groups is 1. The Balaban J connectivity index is 3.29. The van der Waals surface area contributed by atoms with Crippen LogP contribution in [0.5, 0.6) is 0 Å². The number of rotatable bonds is 3. The van der Waals surface area contributed by atoms with Crippen LogP contribution >= 0.6 is 0 Å². The third-order valence-corrected chi connectivity index (χ3v) is 1.98. The molecule has 1 atom stereocenters. The van der Waals surface area contributed by atoms with Gasteiger partial charge in [-0.1, -0.05) is 12.1 Å². The first-order valence-electron chi connectivity index (χ1n) is 4.53. The van der Waals surface area contributed by atoms with Gasteiger partial charge in [0.05, 0.1) is 11.1 Å². The largest absolute Gasteiger partial charge is 0.351 e. The van der Waals surface area contributed by atoms with E-state index in [9.17, 15) is 14.9 Å². The number of nitro benzene ring substituents is 1. The highest BCUT2D eigenvalue weighted by Crippen LogP contribution is 2.27. The molecule has 0 heterocycles. The Labute approximate surface area is 91.8 Å². The van der Waals surface area contributed by atoms with Gasteiger partial charge in [0.1, 0.15) is 5.69 Å². The van der Waals surface area contributed by atoms with Crippen molar-refractivity contribution in [2.45, 2.75) is 13.1 Å². The smallest absolute Gasteiger partial charge is 0.320 e. The number of benzene rings is 1. The van der Waals surface area contributed by atoms with Crippen molar-refractivity contribution in [3.05, 3.63) is 34.4 Å². The van der Waals surface area contributed by atoms with Gasteiger partial charge in [-0.15, -0.1) is 0 Å². The molecule has 7 heteroatoms. The van der Waals surface area contributed by atoms with Gasteiger partial charge in [0.2, 0.25) is 0 Å². The normalized spacial score (nSPS) is 11.9. The van der Waals surface area contributed by atoms with E-state index in [-0.39, 0.29) is 11.4 Å². The molecule has 1 unspecified atom stereocenters. The van der Waals surface area contributed by atoms with Gasteiger partial charge in [0, 0.05) is 6.07 Å². The molecule has 0 bridgehead atoms. The lowest BCUT2D eigenvalue weighted by Gasteiger charge is -2.23. The number of urea groups is 1. The highest BCUT2D eigenvalue weighted by atomic mass is 16.6. The van der Waals surface area contributed by atoms with Crippen LogP contribution in [0.25, 0.3) is 0 Å². The summed E-state index contributed by atoms with van der Waals surface area (Å²) in [5.74, 6) is 0. The van der Waals surface area contributed by atoms with Gasteiger partial charge in [0.25, 0.3) is 5.69 Å². The van der Waals surface area contributed by atoms with E-state index in [1.165, 1.54) is 25.1 Å². The monoisotopic (exact) mass is 224 g/mol. The van der Waals surface area contributed by atoms with E-state index < -0.39 is 17.1 Å². The third-order valence-electron chi connectivity index (χ3n) is 1.98. The maximum absolute atomic E-state index is 11.2. The molecule has 0 saturated heterocycles. The second-order valence-electron chi connectivity index (χ2n) is 3.19. The van der Waals surface area contributed by atoms with Crippen molar-refractivity contribution in [3.8, 4) is 0 Å². The summed E-state index contributed by atoms with van der Waals surface area (Å²) in [6.45, 7) is 1.52. The number of carbonyl (C=O) groups excluding carboxylic acids is 1. The highest BCUT2D eigenvalue weighted by Gasteiger charge is 2.24. The van der Waals surface area contributed by atoms with Crippen LogP contribution in [-0.2, 0) is 0 Å². The Morgan fingerprint density at radius 2 is 2.06 bits per heavy atom. The molecule has 0 fully saturated rings. The zero-order chi connectivity index (χ0) is 12.3. The van der Waals surface area contributed by atoms with Gasteiger partial charge >= 0.3 is 6.03 Å². The molecule has 0 radical (unpaired) electrons. The first-order valence-corrected chi connectivity index (χ1v) is 4.53. The molecule has 0 saturated carbocycles. The zero-order valence-electron chi connectivity index (χ0n) is 8.66. The maximum atomic E-state index is 11.2. The minimum absolute atomic E-state index is 0.0926. The van der Waals surface area contributed by atoms with Crippen molar-refractivity contribution in [1.82, 2.24) is 0 Å². The Kier molecular flexibility index (Phi) is 3.41. The average molecular weight is 224 g/mol. The second-order valence-corrected chi connectivity index (χ2v) is 3.19. The lowest BCUT2D eigenvalue weighted by Crippen LogP contribution is -2.47. The first kappa shape index (κ1) is 11.9. The molecule has 0 spiro atoms. The van der Waals surface area contributed by atoms with E-state index in [0.29, 0.717) is 0 Å². The van der Waals surface area contributed by atoms with E-state index in [0.717, 1.165) is 4.90 Å². The molecule has 16 heavy (non-hydrogen) atoms. The van der Waals surface area contributed by atoms with E-state index in [2.05, 4.69) is 0 Å². The molecule has 0 aliphatic carbocycles. The van der Waals surface area contributed by atoms with Crippen LogP contribution in [0.2, 0.25) is 0 Å². The van der Waals surface area contributed by atoms with Crippen molar-refractivity contribution in [3.63, 3.8) is 0 Å². The average Bonchev–Trinajstić information content (AvgIpc) is 2.17. The van der Waals surface area contributed by atoms with Crippen molar-refractivity contribution in [1.29, 1.82) is 0 Å². The SMILES string of the molecule is CC(N)N(C(N)=O)c1ccccc1[N+](=O)[O-]. The van der Waals surface area contributed by atoms with E-state index in [1.54, 1.807) is 6.07 Å². The van der Waals surface area contributed by atoms with Crippen LogP contribution in [0.3, 0.4) is 0 Å². The van der Waals surface area contributed by atoms with Gasteiger partial charge < -0.3 is 11.5 Å². The Morgan fingerprint density at radius 3 is 2.50 bits per heavy atom. The first-order chi connectivity index (χ1) is 7.45. The van der Waals surface area contributed by atoms with Crippen LogP contribution < -0.4 is 16.4 Å². The molecule has 1 aromatic carbocycles. The molecule has 0 aliphatic rings. The van der Waals surface area contributed by atoms with Crippen LogP contribution in [0.15, 0.2) is 24.3 Å². The fourth-order valence-corrected chi connectivity index (χ4v) is 1.36. The topological polar surface area (TPSA) is 115 Å². The Hall–Kier alpha value is -2.15. The standard InChI is InChI=1S/C9H12N4O3/c1-6(10)12(9(11)14)7-4-2-3-5-8(7)13(15)16/h2-6H,10H2,1H3,(H2,11,14). The lowest BCUT2D eigenvalue weighted by atomic mass is 10.2. The Morgan fingerprint density at radius 1 is 1.50 bits per heavy atom. The van der Waals surface area contributed by atoms with Crippen molar-refractivity contribution in [2.75, 3.05) is 4.90 Å². The molecule has 86 valence electrons. The summed E-state index contributed by atoms with van der Waals surface area (Å²) in [5, 5.41) is 10.8. The summed E-state index contributed by atoms with van der Waals surface area (Å²) >= 11 is 0. The summed E-state index contributed by atoms with van der Waals surface area (Å²) < 4.78 is 0. The second kappa shape index (κ2) is 4.58. The fraction of sp³-hybridized carbons (Fsp3) is 0.222. The highest BCUT2D eigenvalue weighted by molar-refractivity contribution is 5.93. The molecular weight excluding hydrogens is 212 g/mol. The molecule has 2 amide bonds. The maximum Gasteiger partial charge on any atom is 0.320 e. The predicted octanol–water partition coefficient (Wildman–Crippen LogP) is 0.785. The minimum Gasteiger partial charge on any atom is -0.351 e. The number of primary amides is 1. The summed E-state index contributed by atoms with van der Waals surface area (Å²) in [6.07, 6.45) is -0.737. The fourth-order valence-electron chi connectivity index (χ4n) is 1.36. The number of amides is 2. The number of nitrogens with zero attached hydrogens (tertiary/aromatic N) is 2. The molecular formula is C9H12N4O3. The number of anilines is 1. The van der Waals surface area contributed by atoms with Crippen molar-refractivity contribution in [2.24, 2.45) is 11.5 Å². The van der Waals surface area contributed by atoms with Crippen LogP contribution in [0.4, 0.5) is 16.2 Å². The van der Waals surface area contributed by atoms with E-state index in [1.807, 2.05) is 0 Å². The van der Waals surface area contributed by atoms with Crippen LogP contribution in [0.1, 0.15) is 6.92 Å². The molecule has 4 N–H and O–H groups in total. The summed E-state index contributed by atoms with van der Waals surface area (Å²) in [6, 6.07) is 4.95. The van der Waals surface area contributed by atoms with E-state index >= 15 is 0 Å². The van der Waals surface area contributed by atoms with Gasteiger partial charge in [-0.3, -0.25) is 15.0 Å². The molecule has 0 aliphatic heterocycles. The minimum atomic E-state index is -0.829.